The first-order chi connectivity index (χ1) is 15.3. The molecule has 0 saturated carbocycles. The zero-order valence-corrected chi connectivity index (χ0v) is 18.8. The van der Waals surface area contributed by atoms with Crippen molar-refractivity contribution in [3.63, 3.8) is 0 Å². The molecule has 0 atom stereocenters. The van der Waals surface area contributed by atoms with Gasteiger partial charge in [-0.15, -0.1) is 0 Å². The third kappa shape index (κ3) is 6.65. The van der Waals surface area contributed by atoms with E-state index in [1.54, 1.807) is 0 Å². The molecule has 3 nitrogen and oxygen atoms in total. The van der Waals surface area contributed by atoms with E-state index < -0.39 is 0 Å². The van der Waals surface area contributed by atoms with Gasteiger partial charge in [0.2, 0.25) is 0 Å². The molecule has 1 heterocycles. The molecule has 0 aliphatic carbocycles. The molecule has 3 aromatic carbocycles. The van der Waals surface area contributed by atoms with Crippen molar-refractivity contribution in [2.24, 2.45) is 5.92 Å². The lowest BCUT2D eigenvalue weighted by molar-refractivity contribution is 0.159. The minimum absolute atomic E-state index is 0.659. The molecular formula is C27H31N3S. The van der Waals surface area contributed by atoms with Gasteiger partial charge in [-0.05, 0) is 67.3 Å². The normalized spacial score (nSPS) is 14.8. The van der Waals surface area contributed by atoms with E-state index in [2.05, 4.69) is 87.9 Å². The molecule has 0 bridgehead atoms. The van der Waals surface area contributed by atoms with Crippen LogP contribution in [0.4, 0.5) is 5.69 Å². The van der Waals surface area contributed by atoms with E-state index in [0.717, 1.165) is 43.5 Å². The summed E-state index contributed by atoms with van der Waals surface area (Å²) in [6.07, 6.45) is 2.43. The zero-order chi connectivity index (χ0) is 21.3. The fraction of sp³-hybridized carbons (Fsp3) is 0.296. The zero-order valence-electron chi connectivity index (χ0n) is 18.0. The maximum Gasteiger partial charge on any atom is 0.173 e. The van der Waals surface area contributed by atoms with Crippen molar-refractivity contribution in [2.75, 3.05) is 25.0 Å². The summed E-state index contributed by atoms with van der Waals surface area (Å²) >= 11 is 5.84. The second kappa shape index (κ2) is 11.1. The summed E-state index contributed by atoms with van der Waals surface area (Å²) in [7, 11) is 0. The summed E-state index contributed by atoms with van der Waals surface area (Å²) < 4.78 is 0. The van der Waals surface area contributed by atoms with Crippen molar-refractivity contribution in [1.29, 1.82) is 0 Å². The largest absolute Gasteiger partial charge is 0.344 e. The number of nitrogens with zero attached hydrogens (tertiary/aromatic N) is 2. The van der Waals surface area contributed by atoms with E-state index in [-0.39, 0.29) is 0 Å². The summed E-state index contributed by atoms with van der Waals surface area (Å²) in [6.45, 7) is 5.18. The van der Waals surface area contributed by atoms with Crippen LogP contribution in [0.15, 0.2) is 91.0 Å². The van der Waals surface area contributed by atoms with Crippen molar-refractivity contribution in [3.8, 4) is 0 Å². The molecule has 1 N–H and O–H groups in total. The van der Waals surface area contributed by atoms with Gasteiger partial charge in [-0.3, -0.25) is 4.90 Å². The van der Waals surface area contributed by atoms with Crippen molar-refractivity contribution >= 4 is 23.0 Å². The van der Waals surface area contributed by atoms with Crippen LogP contribution in [0, 0.1) is 5.92 Å². The average Bonchev–Trinajstić information content (AvgIpc) is 2.82. The van der Waals surface area contributed by atoms with Crippen molar-refractivity contribution in [1.82, 2.24) is 9.80 Å². The molecule has 31 heavy (non-hydrogen) atoms. The lowest BCUT2D eigenvalue weighted by Gasteiger charge is -2.36. The number of nitrogens with one attached hydrogen (secondary N) is 1. The molecule has 4 heteroatoms. The maximum absolute atomic E-state index is 5.84. The SMILES string of the molecule is S=C(Nc1ccccc1)N(Cc1ccccc1)CC1CCN(Cc2ccccc2)CC1. The van der Waals surface area contributed by atoms with Crippen molar-refractivity contribution in [2.45, 2.75) is 25.9 Å². The number of likely N-dealkylation sites (tertiary alicyclic amines) is 1. The van der Waals surface area contributed by atoms with E-state index in [9.17, 15) is 0 Å². The van der Waals surface area contributed by atoms with Crippen LogP contribution < -0.4 is 5.32 Å². The first-order valence-corrected chi connectivity index (χ1v) is 11.6. The van der Waals surface area contributed by atoms with Gasteiger partial charge in [-0.25, -0.2) is 0 Å². The smallest absolute Gasteiger partial charge is 0.173 e. The second-order valence-corrected chi connectivity index (χ2v) is 8.75. The molecule has 4 rings (SSSR count). The molecule has 1 fully saturated rings. The van der Waals surface area contributed by atoms with Crippen molar-refractivity contribution < 1.29 is 0 Å². The maximum atomic E-state index is 5.84. The predicted octanol–water partition coefficient (Wildman–Crippen LogP) is 5.80. The van der Waals surface area contributed by atoms with Gasteiger partial charge in [0.15, 0.2) is 5.11 Å². The number of hydrogen-bond donors (Lipinski definition) is 1. The monoisotopic (exact) mass is 429 g/mol. The molecule has 0 spiro atoms. The Labute approximate surface area is 191 Å². The average molecular weight is 430 g/mol. The molecule has 0 amide bonds. The van der Waals surface area contributed by atoms with E-state index in [1.165, 1.54) is 24.0 Å². The van der Waals surface area contributed by atoms with E-state index in [4.69, 9.17) is 12.2 Å². The molecule has 1 aliphatic rings. The summed E-state index contributed by atoms with van der Waals surface area (Å²) in [6, 6.07) is 31.7. The van der Waals surface area contributed by atoms with E-state index in [1.807, 2.05) is 18.2 Å². The molecule has 1 aliphatic heterocycles. The van der Waals surface area contributed by atoms with Crippen LogP contribution in [0.1, 0.15) is 24.0 Å². The van der Waals surface area contributed by atoms with Gasteiger partial charge < -0.3 is 10.2 Å². The quantitative estimate of drug-likeness (QED) is 0.478. The lowest BCUT2D eigenvalue weighted by atomic mass is 9.95. The summed E-state index contributed by atoms with van der Waals surface area (Å²) in [5.74, 6) is 0.659. The molecule has 1 saturated heterocycles. The van der Waals surface area contributed by atoms with E-state index in [0.29, 0.717) is 5.92 Å². The van der Waals surface area contributed by atoms with Gasteiger partial charge >= 0.3 is 0 Å². The van der Waals surface area contributed by atoms with Crippen LogP contribution in [0.3, 0.4) is 0 Å². The first kappa shape index (κ1) is 21.5. The van der Waals surface area contributed by atoms with E-state index >= 15 is 0 Å². The number of piperidine rings is 1. The number of anilines is 1. The topological polar surface area (TPSA) is 18.5 Å². The molecule has 0 unspecified atom stereocenters. The lowest BCUT2D eigenvalue weighted by Crippen LogP contribution is -2.41. The Morgan fingerprint density at radius 1 is 0.806 bits per heavy atom. The van der Waals surface area contributed by atoms with Crippen LogP contribution in [-0.4, -0.2) is 34.5 Å². The molecular weight excluding hydrogens is 398 g/mol. The number of thiocarbonyl (C=S) groups is 1. The van der Waals surface area contributed by atoms with Gasteiger partial charge in [0, 0.05) is 25.3 Å². The minimum Gasteiger partial charge on any atom is -0.344 e. The minimum atomic E-state index is 0.659. The highest BCUT2D eigenvalue weighted by Crippen LogP contribution is 2.22. The fourth-order valence-electron chi connectivity index (χ4n) is 4.23. The standard InChI is InChI=1S/C27H31N3S/c31-27(28-26-14-8-3-9-15-26)30(21-24-12-6-2-7-13-24)22-25-16-18-29(19-17-25)20-23-10-4-1-5-11-23/h1-15,25H,16-22H2,(H,28,31). The number of rotatable bonds is 7. The van der Waals surface area contributed by atoms with Gasteiger partial charge in [-0.1, -0.05) is 78.9 Å². The van der Waals surface area contributed by atoms with Gasteiger partial charge in [0.1, 0.15) is 0 Å². The fourth-order valence-corrected chi connectivity index (χ4v) is 4.48. The molecule has 160 valence electrons. The van der Waals surface area contributed by atoms with Gasteiger partial charge in [0.25, 0.3) is 0 Å². The summed E-state index contributed by atoms with van der Waals surface area (Å²) in [5, 5.41) is 4.25. The number of benzene rings is 3. The van der Waals surface area contributed by atoms with Crippen LogP contribution in [-0.2, 0) is 13.1 Å². The Hall–Kier alpha value is -2.69. The summed E-state index contributed by atoms with van der Waals surface area (Å²) in [5.41, 5.74) is 3.74. The number of para-hydroxylation sites is 1. The third-order valence-electron chi connectivity index (χ3n) is 5.96. The van der Waals surface area contributed by atoms with Gasteiger partial charge in [0.05, 0.1) is 0 Å². The Morgan fingerprint density at radius 3 is 1.97 bits per heavy atom. The van der Waals surface area contributed by atoms with Gasteiger partial charge in [-0.2, -0.15) is 0 Å². The second-order valence-electron chi connectivity index (χ2n) is 8.37. The molecule has 0 radical (unpaired) electrons. The van der Waals surface area contributed by atoms with Crippen molar-refractivity contribution in [3.05, 3.63) is 102 Å². The highest BCUT2D eigenvalue weighted by Gasteiger charge is 2.23. The Kier molecular flexibility index (Phi) is 7.70. The third-order valence-corrected chi connectivity index (χ3v) is 6.32. The Balaban J connectivity index is 1.36. The predicted molar refractivity (Wildman–Crippen MR) is 134 cm³/mol. The number of hydrogen-bond acceptors (Lipinski definition) is 2. The molecule has 3 aromatic rings. The summed E-state index contributed by atoms with van der Waals surface area (Å²) in [4.78, 5) is 4.92. The van der Waals surface area contributed by atoms with Crippen LogP contribution in [0.2, 0.25) is 0 Å². The Bertz CT molecular complexity index is 922. The highest BCUT2D eigenvalue weighted by molar-refractivity contribution is 7.80. The van der Waals surface area contributed by atoms with Crippen LogP contribution >= 0.6 is 12.2 Å². The van der Waals surface area contributed by atoms with Crippen LogP contribution in [0.5, 0.6) is 0 Å². The highest BCUT2D eigenvalue weighted by atomic mass is 32.1. The molecule has 0 aromatic heterocycles. The first-order valence-electron chi connectivity index (χ1n) is 11.2. The Morgan fingerprint density at radius 2 is 1.35 bits per heavy atom. The van der Waals surface area contributed by atoms with Crippen LogP contribution in [0.25, 0.3) is 0 Å².